The summed E-state index contributed by atoms with van der Waals surface area (Å²) in [5.74, 6) is 0.0131. The number of piperidine rings is 1. The number of benzene rings is 1. The van der Waals surface area contributed by atoms with E-state index in [9.17, 15) is 9.18 Å². The number of carbonyl (C=O) groups excluding carboxylic acids is 1. The molecule has 5 heteroatoms. The first-order chi connectivity index (χ1) is 8.75. The average Bonchev–Trinajstić information content (AvgIpc) is 2.40. The van der Waals surface area contributed by atoms with Gasteiger partial charge in [0.25, 0.3) is 0 Å². The largest absolute Gasteiger partial charge is 0.331 e. The summed E-state index contributed by atoms with van der Waals surface area (Å²) < 4.78 is 13.7. The first-order valence-corrected chi connectivity index (χ1v) is 6.32. The fraction of sp³-hybridized carbons (Fsp3) is 0.462. The smallest absolute Gasteiger partial charge is 0.319 e. The Kier molecular flexibility index (Phi) is 2.91. The van der Waals surface area contributed by atoms with Gasteiger partial charge in [-0.15, -0.1) is 0 Å². The van der Waals surface area contributed by atoms with Crippen molar-refractivity contribution in [1.29, 1.82) is 0 Å². The van der Waals surface area contributed by atoms with Crippen LogP contribution in [0.15, 0.2) is 18.2 Å². The van der Waals surface area contributed by atoms with Crippen molar-refractivity contribution < 1.29 is 9.18 Å². The molecule has 18 heavy (non-hydrogen) atoms. The highest BCUT2D eigenvalue weighted by atomic mass is 19.1. The van der Waals surface area contributed by atoms with Crippen LogP contribution < -0.4 is 16.0 Å². The highest BCUT2D eigenvalue weighted by Gasteiger charge is 2.32. The fourth-order valence-electron chi connectivity index (χ4n) is 2.85. The van der Waals surface area contributed by atoms with Gasteiger partial charge in [0, 0.05) is 5.56 Å². The molecule has 1 aromatic rings. The van der Waals surface area contributed by atoms with Gasteiger partial charge in [0.2, 0.25) is 0 Å². The van der Waals surface area contributed by atoms with E-state index in [0.717, 1.165) is 31.5 Å². The van der Waals surface area contributed by atoms with Crippen LogP contribution in [-0.4, -0.2) is 19.1 Å². The minimum atomic E-state index is -0.360. The predicted octanol–water partition coefficient (Wildman–Crippen LogP) is 2.00. The van der Waals surface area contributed by atoms with Gasteiger partial charge >= 0.3 is 6.03 Å². The molecular formula is C13H16FN3O. The summed E-state index contributed by atoms with van der Waals surface area (Å²) in [5, 5.41) is 8.78. The molecule has 2 heterocycles. The Morgan fingerprint density at radius 1 is 1.22 bits per heavy atom. The molecule has 2 aliphatic heterocycles. The van der Waals surface area contributed by atoms with Crippen molar-refractivity contribution in [3.05, 3.63) is 29.6 Å². The number of hydrogen-bond donors (Lipinski definition) is 3. The van der Waals surface area contributed by atoms with Crippen LogP contribution in [0.25, 0.3) is 0 Å². The number of amides is 2. The van der Waals surface area contributed by atoms with Crippen LogP contribution in [-0.2, 0) is 0 Å². The van der Waals surface area contributed by atoms with E-state index in [1.54, 1.807) is 6.07 Å². The maximum absolute atomic E-state index is 13.7. The molecule has 4 nitrogen and oxygen atoms in total. The zero-order valence-electron chi connectivity index (χ0n) is 10.0. The first-order valence-electron chi connectivity index (χ1n) is 6.32. The number of nitrogens with one attached hydrogen (secondary N) is 3. The molecule has 0 radical (unpaired) electrons. The Morgan fingerprint density at radius 2 is 2.00 bits per heavy atom. The lowest BCUT2D eigenvalue weighted by Crippen LogP contribution is -2.44. The molecule has 0 spiro atoms. The zero-order valence-corrected chi connectivity index (χ0v) is 10.0. The molecular weight excluding hydrogens is 233 g/mol. The van der Waals surface area contributed by atoms with E-state index in [2.05, 4.69) is 16.0 Å². The van der Waals surface area contributed by atoms with Crippen LogP contribution >= 0.6 is 0 Å². The Labute approximate surface area is 105 Å². The summed E-state index contributed by atoms with van der Waals surface area (Å²) >= 11 is 0. The molecule has 1 fully saturated rings. The second-order valence-electron chi connectivity index (χ2n) is 4.87. The molecule has 1 atom stereocenters. The second-order valence-corrected chi connectivity index (χ2v) is 4.87. The van der Waals surface area contributed by atoms with Crippen LogP contribution in [0.4, 0.5) is 14.9 Å². The number of rotatable bonds is 1. The van der Waals surface area contributed by atoms with Crippen molar-refractivity contribution in [2.24, 2.45) is 5.92 Å². The van der Waals surface area contributed by atoms with Gasteiger partial charge in [-0.25, -0.2) is 9.18 Å². The van der Waals surface area contributed by atoms with Gasteiger partial charge in [0.15, 0.2) is 0 Å². The van der Waals surface area contributed by atoms with Crippen molar-refractivity contribution in [2.75, 3.05) is 18.4 Å². The third kappa shape index (κ3) is 1.95. The monoisotopic (exact) mass is 249 g/mol. The molecule has 2 amide bonds. The van der Waals surface area contributed by atoms with Gasteiger partial charge in [-0.3, -0.25) is 0 Å². The molecule has 0 bridgehead atoms. The van der Waals surface area contributed by atoms with Gasteiger partial charge in [0.1, 0.15) is 5.82 Å². The van der Waals surface area contributed by atoms with Crippen molar-refractivity contribution in [3.63, 3.8) is 0 Å². The van der Waals surface area contributed by atoms with Gasteiger partial charge in [0.05, 0.1) is 11.7 Å². The Morgan fingerprint density at radius 3 is 2.78 bits per heavy atom. The molecule has 3 rings (SSSR count). The Bertz CT molecular complexity index is 471. The lowest BCUT2D eigenvalue weighted by Gasteiger charge is -2.35. The van der Waals surface area contributed by atoms with Crippen LogP contribution in [0.2, 0.25) is 0 Å². The van der Waals surface area contributed by atoms with E-state index in [0.29, 0.717) is 11.6 Å². The summed E-state index contributed by atoms with van der Waals surface area (Å²) in [6, 6.07) is 4.57. The van der Waals surface area contributed by atoms with Crippen molar-refractivity contribution in [2.45, 2.75) is 18.9 Å². The zero-order chi connectivity index (χ0) is 12.5. The molecule has 0 saturated carbocycles. The van der Waals surface area contributed by atoms with E-state index in [-0.39, 0.29) is 17.9 Å². The van der Waals surface area contributed by atoms with Crippen LogP contribution in [0.1, 0.15) is 24.4 Å². The van der Waals surface area contributed by atoms with Gasteiger partial charge in [-0.1, -0.05) is 12.1 Å². The van der Waals surface area contributed by atoms with Crippen LogP contribution in [0.5, 0.6) is 0 Å². The number of anilines is 1. The molecule has 3 N–H and O–H groups in total. The highest BCUT2D eigenvalue weighted by molar-refractivity contribution is 5.93. The lowest BCUT2D eigenvalue weighted by atomic mass is 9.84. The third-order valence-corrected chi connectivity index (χ3v) is 3.76. The normalized spacial score (nSPS) is 24.1. The molecule has 1 aromatic carbocycles. The van der Waals surface area contributed by atoms with E-state index >= 15 is 0 Å². The average molecular weight is 249 g/mol. The quantitative estimate of drug-likeness (QED) is 0.713. The van der Waals surface area contributed by atoms with E-state index in [4.69, 9.17) is 0 Å². The molecule has 2 aliphatic rings. The number of fused-ring (bicyclic) bond motifs is 1. The highest BCUT2D eigenvalue weighted by Crippen LogP contribution is 2.36. The topological polar surface area (TPSA) is 53.2 Å². The van der Waals surface area contributed by atoms with Crippen LogP contribution in [0.3, 0.4) is 0 Å². The van der Waals surface area contributed by atoms with Gasteiger partial charge in [-0.05, 0) is 37.9 Å². The minimum absolute atomic E-state index is 0.0773. The van der Waals surface area contributed by atoms with E-state index in [1.807, 2.05) is 6.07 Å². The summed E-state index contributed by atoms with van der Waals surface area (Å²) in [4.78, 5) is 11.6. The van der Waals surface area contributed by atoms with E-state index in [1.165, 1.54) is 6.07 Å². The number of para-hydroxylation sites is 1. The maximum atomic E-state index is 13.7. The number of urea groups is 1. The molecule has 1 unspecified atom stereocenters. The van der Waals surface area contributed by atoms with Crippen molar-refractivity contribution >= 4 is 11.7 Å². The summed E-state index contributed by atoms with van der Waals surface area (Å²) in [6.45, 7) is 1.91. The predicted molar refractivity (Wildman–Crippen MR) is 66.9 cm³/mol. The van der Waals surface area contributed by atoms with Crippen molar-refractivity contribution in [3.8, 4) is 0 Å². The molecule has 1 saturated heterocycles. The summed E-state index contributed by atoms with van der Waals surface area (Å²) in [6.07, 6.45) is 2.00. The maximum Gasteiger partial charge on any atom is 0.319 e. The first kappa shape index (κ1) is 11.5. The number of halogens is 1. The Balaban J connectivity index is 1.96. The SMILES string of the molecule is O=C1Nc2c(F)cccc2C(C2CCNCC2)N1. The lowest BCUT2D eigenvalue weighted by molar-refractivity contribution is 0.231. The van der Waals surface area contributed by atoms with Gasteiger partial charge < -0.3 is 16.0 Å². The standard InChI is InChI=1S/C13H16FN3O/c14-10-3-1-2-9-11(8-4-6-15-7-5-8)16-13(18)17-12(9)10/h1-3,8,11,15H,4-7H2,(H2,16,17,18). The Hall–Kier alpha value is -1.62. The minimum Gasteiger partial charge on any atom is -0.331 e. The molecule has 96 valence electrons. The summed E-state index contributed by atoms with van der Waals surface area (Å²) in [7, 11) is 0. The fourth-order valence-corrected chi connectivity index (χ4v) is 2.85. The van der Waals surface area contributed by atoms with Crippen molar-refractivity contribution in [1.82, 2.24) is 10.6 Å². The number of carbonyl (C=O) groups is 1. The van der Waals surface area contributed by atoms with Crippen LogP contribution in [0, 0.1) is 11.7 Å². The summed E-state index contributed by atoms with van der Waals surface area (Å²) in [5.41, 5.74) is 1.20. The third-order valence-electron chi connectivity index (χ3n) is 3.76. The van der Waals surface area contributed by atoms with Gasteiger partial charge in [-0.2, -0.15) is 0 Å². The second kappa shape index (κ2) is 4.57. The van der Waals surface area contributed by atoms with E-state index < -0.39 is 0 Å². The molecule has 0 aromatic heterocycles. The molecule has 0 aliphatic carbocycles. The number of hydrogen-bond acceptors (Lipinski definition) is 2.